The van der Waals surface area contributed by atoms with Crippen LogP contribution in [0.25, 0.3) is 0 Å². The summed E-state index contributed by atoms with van der Waals surface area (Å²) in [4.78, 5) is 69.7. The lowest BCUT2D eigenvalue weighted by molar-refractivity contribution is -0.155. The zero-order valence-corrected chi connectivity index (χ0v) is 48.6. The second-order valence-corrected chi connectivity index (χ2v) is 23.6. The highest BCUT2D eigenvalue weighted by Crippen LogP contribution is 2.50. The largest absolute Gasteiger partial charge is 0.461 e. The second kappa shape index (κ2) is 31.1. The van der Waals surface area contributed by atoms with Crippen LogP contribution in [0.3, 0.4) is 0 Å². The van der Waals surface area contributed by atoms with Crippen molar-refractivity contribution in [2.24, 2.45) is 5.92 Å². The molecule has 0 heterocycles. The molecule has 6 rings (SSSR count). The maximum atomic E-state index is 14.9. The summed E-state index contributed by atoms with van der Waals surface area (Å²) in [5.41, 5.74) is 5.25. The van der Waals surface area contributed by atoms with Crippen LogP contribution in [0.1, 0.15) is 100 Å². The molecular formula is C67H77N3O9S2. The fourth-order valence-electron chi connectivity index (χ4n) is 9.65. The number of hydrogen-bond acceptors (Lipinski definition) is 11. The Morgan fingerprint density at radius 3 is 1.40 bits per heavy atom. The van der Waals surface area contributed by atoms with Gasteiger partial charge in [0.15, 0.2) is 0 Å². The van der Waals surface area contributed by atoms with Crippen molar-refractivity contribution in [3.63, 3.8) is 0 Å². The predicted molar refractivity (Wildman–Crippen MR) is 325 cm³/mol. The number of ether oxygens (including phenoxy) is 2. The molecule has 12 nitrogen and oxygen atoms in total. The molecule has 0 aliphatic carbocycles. The fraction of sp³-hybridized carbons (Fsp3) is 0.328. The Hall–Kier alpha value is -7.23. The van der Waals surface area contributed by atoms with Crippen molar-refractivity contribution in [2.45, 2.75) is 112 Å². The van der Waals surface area contributed by atoms with Crippen LogP contribution in [0.15, 0.2) is 207 Å². The normalized spacial score (nSPS) is 13.7. The zero-order valence-electron chi connectivity index (χ0n) is 46.9. The van der Waals surface area contributed by atoms with Crippen molar-refractivity contribution in [1.82, 2.24) is 16.0 Å². The molecule has 0 unspecified atom stereocenters. The summed E-state index contributed by atoms with van der Waals surface area (Å²) in [7, 11) is 0. The summed E-state index contributed by atoms with van der Waals surface area (Å²) in [6.45, 7) is 12.3. The number of rotatable bonds is 30. The molecule has 0 spiro atoms. The summed E-state index contributed by atoms with van der Waals surface area (Å²) in [5, 5.41) is 31.3. The van der Waals surface area contributed by atoms with Crippen LogP contribution in [-0.4, -0.2) is 93.9 Å². The number of aliphatic hydroxyl groups excluding tert-OH is 2. The Bertz CT molecular complexity index is 2750. The van der Waals surface area contributed by atoms with Crippen LogP contribution < -0.4 is 16.0 Å². The monoisotopic (exact) mass is 1130 g/mol. The number of hydrogen-bond donors (Lipinski definition) is 5. The highest BCUT2D eigenvalue weighted by atomic mass is 32.2. The van der Waals surface area contributed by atoms with Gasteiger partial charge in [-0.1, -0.05) is 221 Å². The number of carbonyl (C=O) groups is 5. The highest BCUT2D eigenvalue weighted by Gasteiger charge is 2.41. The van der Waals surface area contributed by atoms with Gasteiger partial charge in [0.1, 0.15) is 24.3 Å². The van der Waals surface area contributed by atoms with Gasteiger partial charge in [-0.05, 0) is 78.7 Å². The van der Waals surface area contributed by atoms with Crippen LogP contribution in [0.5, 0.6) is 0 Å². The van der Waals surface area contributed by atoms with E-state index in [0.717, 1.165) is 33.4 Å². The van der Waals surface area contributed by atoms with E-state index in [1.54, 1.807) is 52.5 Å². The van der Waals surface area contributed by atoms with Crippen LogP contribution in [0, 0.1) is 5.92 Å². The van der Waals surface area contributed by atoms with Gasteiger partial charge in [-0.25, -0.2) is 0 Å². The summed E-state index contributed by atoms with van der Waals surface area (Å²) in [6.07, 6.45) is 1.51. The van der Waals surface area contributed by atoms with Gasteiger partial charge in [0.05, 0.1) is 40.6 Å². The molecule has 6 aromatic carbocycles. The Morgan fingerprint density at radius 1 is 0.568 bits per heavy atom. The third kappa shape index (κ3) is 18.1. The number of thioether (sulfide) groups is 2. The minimum absolute atomic E-state index is 0.0454. The molecule has 0 saturated heterocycles. The van der Waals surface area contributed by atoms with E-state index in [1.807, 2.05) is 152 Å². The molecule has 81 heavy (non-hydrogen) atoms. The molecule has 0 bridgehead atoms. The molecule has 0 aromatic heterocycles. The van der Waals surface area contributed by atoms with Gasteiger partial charge in [0.25, 0.3) is 0 Å². The van der Waals surface area contributed by atoms with E-state index in [9.17, 15) is 34.2 Å². The topological polar surface area (TPSA) is 180 Å². The number of aliphatic hydroxyl groups is 2. The molecule has 5 N–H and O–H groups in total. The molecule has 426 valence electrons. The second-order valence-electron chi connectivity index (χ2n) is 21.0. The Labute approximate surface area is 486 Å². The van der Waals surface area contributed by atoms with Crippen LogP contribution in [0.4, 0.5) is 0 Å². The first-order valence-electron chi connectivity index (χ1n) is 27.5. The Balaban J connectivity index is 1.26. The molecule has 0 fully saturated rings. The van der Waals surface area contributed by atoms with Crippen molar-refractivity contribution in [3.05, 3.63) is 240 Å². The van der Waals surface area contributed by atoms with Crippen molar-refractivity contribution in [3.8, 4) is 0 Å². The van der Waals surface area contributed by atoms with Crippen molar-refractivity contribution in [1.29, 1.82) is 0 Å². The molecule has 14 heteroatoms. The molecule has 5 atom stereocenters. The third-order valence-electron chi connectivity index (χ3n) is 13.4. The van der Waals surface area contributed by atoms with E-state index >= 15 is 0 Å². The maximum absolute atomic E-state index is 14.9. The Kier molecular flexibility index (Phi) is 24.2. The standard InChI is InChI=1S/C67H77N3O9S2/c1-7-43-78-61(75)46-58(72)62(48(2)3)70-64(77)57(47-81-67(52-34-20-11-21-35-52,53-36-22-12-23-37-53)54-38-24-13-25-39-54)69-63(76)56(41-42-60(74)79-65(4,5)6)68-59(73)45-55(71)40-26-27-44-80-66(49-28-14-8-15-29-49,50-30-16-9-17-31-50)51-32-18-10-19-33-51/h7-26,28-40,48,55-58,62,71-72H,1,27,41-47H2,2-6H3,(H,68,73)(H,69,76)(H,70,77)/b40-26+/t55-,56-,57-,58+,62-/m1/s1. The molecule has 6 aromatic rings. The van der Waals surface area contributed by atoms with Crippen LogP contribution >= 0.6 is 23.5 Å². The number of carbonyl (C=O) groups excluding carboxylic acids is 5. The number of amides is 3. The molecule has 0 aliphatic heterocycles. The summed E-state index contributed by atoms with van der Waals surface area (Å²) >= 11 is 3.19. The van der Waals surface area contributed by atoms with E-state index in [1.165, 1.54) is 17.8 Å². The average Bonchev–Trinajstić information content (AvgIpc) is 3.54. The minimum atomic E-state index is -1.37. The zero-order chi connectivity index (χ0) is 58.3. The van der Waals surface area contributed by atoms with Gasteiger partial charge in [0.2, 0.25) is 17.7 Å². The fourth-order valence-corrected chi connectivity index (χ4v) is 12.7. The third-order valence-corrected chi connectivity index (χ3v) is 16.6. The first kappa shape index (κ1) is 63.0. The van der Waals surface area contributed by atoms with Gasteiger partial charge in [0, 0.05) is 12.2 Å². The minimum Gasteiger partial charge on any atom is -0.461 e. The molecule has 3 amide bonds. The number of benzene rings is 6. The van der Waals surface area contributed by atoms with E-state index in [2.05, 4.69) is 58.9 Å². The molecular weight excluding hydrogens is 1050 g/mol. The van der Waals surface area contributed by atoms with Gasteiger partial charge in [-0.15, -0.1) is 23.5 Å². The first-order valence-corrected chi connectivity index (χ1v) is 29.5. The summed E-state index contributed by atoms with van der Waals surface area (Å²) in [5.74, 6) is -3.16. The lowest BCUT2D eigenvalue weighted by atomic mass is 9.84. The Morgan fingerprint density at radius 2 is 0.988 bits per heavy atom. The van der Waals surface area contributed by atoms with Gasteiger partial charge < -0.3 is 35.6 Å². The van der Waals surface area contributed by atoms with E-state index in [4.69, 9.17) is 9.47 Å². The number of nitrogens with one attached hydrogen (secondary N) is 3. The lowest BCUT2D eigenvalue weighted by Crippen LogP contribution is -2.58. The first-order chi connectivity index (χ1) is 39.0. The summed E-state index contributed by atoms with van der Waals surface area (Å²) in [6, 6.07) is 56.9. The molecule has 0 saturated carbocycles. The number of allylic oxidation sites excluding steroid dienone is 1. The van der Waals surface area contributed by atoms with Crippen molar-refractivity contribution < 1.29 is 43.7 Å². The van der Waals surface area contributed by atoms with E-state index < -0.39 is 87.9 Å². The van der Waals surface area contributed by atoms with Crippen LogP contribution in [0.2, 0.25) is 0 Å². The highest BCUT2D eigenvalue weighted by molar-refractivity contribution is 8.00. The predicted octanol–water partition coefficient (Wildman–Crippen LogP) is 10.8. The van der Waals surface area contributed by atoms with Gasteiger partial charge in [-0.2, -0.15) is 0 Å². The SMILES string of the molecule is C=CCOC(=O)C[C@H](O)[C@H](NC(=O)[C@@H](CSC(c1ccccc1)(c1ccccc1)c1ccccc1)NC(=O)[C@@H](CCC(=O)OC(C)(C)C)NC(=O)C[C@H](O)/C=C/CCSC(c1ccccc1)(c1ccccc1)c1ccccc1)C(C)C. The summed E-state index contributed by atoms with van der Waals surface area (Å²) < 4.78 is 9.28. The van der Waals surface area contributed by atoms with E-state index in [0.29, 0.717) is 12.2 Å². The lowest BCUT2D eigenvalue weighted by Gasteiger charge is -2.37. The smallest absolute Gasteiger partial charge is 0.308 e. The molecule has 0 aliphatic rings. The average molecular weight is 1130 g/mol. The van der Waals surface area contributed by atoms with Crippen molar-refractivity contribution in [2.75, 3.05) is 18.1 Å². The quantitative estimate of drug-likeness (QED) is 0.0125. The maximum Gasteiger partial charge on any atom is 0.308 e. The van der Waals surface area contributed by atoms with Gasteiger partial charge in [-0.3, -0.25) is 24.0 Å². The van der Waals surface area contributed by atoms with Crippen LogP contribution in [-0.2, 0) is 42.9 Å². The van der Waals surface area contributed by atoms with Crippen molar-refractivity contribution >= 4 is 53.2 Å². The molecule has 0 radical (unpaired) electrons. The number of esters is 2. The van der Waals surface area contributed by atoms with E-state index in [-0.39, 0.29) is 31.1 Å². The van der Waals surface area contributed by atoms with Gasteiger partial charge >= 0.3 is 11.9 Å².